The van der Waals surface area contributed by atoms with E-state index in [1.807, 2.05) is 37.3 Å². The van der Waals surface area contributed by atoms with E-state index >= 15 is 0 Å². The Morgan fingerprint density at radius 3 is 2.61 bits per heavy atom. The van der Waals surface area contributed by atoms with Crippen molar-refractivity contribution in [3.05, 3.63) is 99.2 Å². The Balaban J connectivity index is 1.38. The number of amides is 1. The van der Waals surface area contributed by atoms with Crippen LogP contribution >= 0.6 is 22.9 Å². The van der Waals surface area contributed by atoms with Gasteiger partial charge in [0.1, 0.15) is 23.2 Å². The predicted octanol–water partition coefficient (Wildman–Crippen LogP) is 7.15. The van der Waals surface area contributed by atoms with Crippen LogP contribution in [0.25, 0.3) is 17.4 Å². The molecular weight excluding hydrogens is 522 g/mol. The molecule has 0 aliphatic rings. The molecule has 0 saturated carbocycles. The third-order valence-electron chi connectivity index (χ3n) is 5.48. The third kappa shape index (κ3) is 7.19. The number of carbonyl (C=O) groups excluding carboxylic acids is 2. The lowest BCUT2D eigenvalue weighted by Gasteiger charge is -2.04. The standard InChI is InChI=1S/C29H24ClN3O4S/c1-2-3-14-36-28(35)21-8-6-20(7-9-21)26-13-12-24(37-26)16-22(17-31)27(34)33-29-32-18-25(38-29)15-19-4-10-23(30)11-5-19/h4-13,16,18H,2-3,14-15H2,1H3,(H,32,33,34)/b22-16+. The van der Waals surface area contributed by atoms with E-state index in [0.29, 0.717) is 40.3 Å². The number of furan rings is 1. The first-order valence-corrected chi connectivity index (χ1v) is 13.1. The molecule has 1 N–H and O–H groups in total. The summed E-state index contributed by atoms with van der Waals surface area (Å²) in [6.45, 7) is 2.43. The number of hydrogen-bond acceptors (Lipinski definition) is 7. The van der Waals surface area contributed by atoms with Crippen LogP contribution in [-0.4, -0.2) is 23.5 Å². The maximum atomic E-state index is 12.7. The number of benzene rings is 2. The van der Waals surface area contributed by atoms with Crippen LogP contribution in [0, 0.1) is 11.3 Å². The summed E-state index contributed by atoms with van der Waals surface area (Å²) >= 11 is 7.27. The first kappa shape index (κ1) is 26.9. The van der Waals surface area contributed by atoms with E-state index < -0.39 is 5.91 Å². The molecule has 9 heteroatoms. The Labute approximate surface area is 229 Å². The summed E-state index contributed by atoms with van der Waals surface area (Å²) in [6, 6.07) is 19.7. The fourth-order valence-electron chi connectivity index (χ4n) is 3.45. The van der Waals surface area contributed by atoms with Crippen LogP contribution in [0.15, 0.2) is 76.9 Å². The van der Waals surface area contributed by atoms with Gasteiger partial charge < -0.3 is 9.15 Å². The number of anilines is 1. The van der Waals surface area contributed by atoms with Crippen molar-refractivity contribution in [2.24, 2.45) is 0 Å². The molecule has 0 spiro atoms. The van der Waals surface area contributed by atoms with E-state index in [2.05, 4.69) is 10.3 Å². The van der Waals surface area contributed by atoms with E-state index in [1.165, 1.54) is 17.4 Å². The molecule has 1 amide bonds. The molecule has 0 unspecified atom stereocenters. The number of carbonyl (C=O) groups is 2. The zero-order valence-corrected chi connectivity index (χ0v) is 22.1. The molecule has 7 nitrogen and oxygen atoms in total. The monoisotopic (exact) mass is 545 g/mol. The summed E-state index contributed by atoms with van der Waals surface area (Å²) in [4.78, 5) is 30.0. The van der Waals surface area contributed by atoms with Gasteiger partial charge in [0.25, 0.3) is 5.91 Å². The summed E-state index contributed by atoms with van der Waals surface area (Å²) in [5.74, 6) is -0.0669. The number of rotatable bonds is 10. The second-order valence-corrected chi connectivity index (χ2v) is 9.88. The Hall–Kier alpha value is -4.19. The van der Waals surface area contributed by atoms with Crippen molar-refractivity contribution in [3.63, 3.8) is 0 Å². The summed E-state index contributed by atoms with van der Waals surface area (Å²) in [5.41, 5.74) is 2.15. The molecule has 0 bridgehead atoms. The molecule has 38 heavy (non-hydrogen) atoms. The van der Waals surface area contributed by atoms with Crippen molar-refractivity contribution < 1.29 is 18.7 Å². The third-order valence-corrected chi connectivity index (χ3v) is 6.64. The molecule has 2 aromatic heterocycles. The highest BCUT2D eigenvalue weighted by Crippen LogP contribution is 2.25. The van der Waals surface area contributed by atoms with Crippen LogP contribution in [0.5, 0.6) is 0 Å². The van der Waals surface area contributed by atoms with Gasteiger partial charge in [0.05, 0.1) is 12.2 Å². The van der Waals surface area contributed by atoms with E-state index in [-0.39, 0.29) is 11.5 Å². The minimum absolute atomic E-state index is 0.120. The Kier molecular flexibility index (Phi) is 9.09. The quantitative estimate of drug-likeness (QED) is 0.0981. The van der Waals surface area contributed by atoms with Crippen molar-refractivity contribution in [1.82, 2.24) is 4.98 Å². The molecule has 0 radical (unpaired) electrons. The number of halogens is 1. The van der Waals surface area contributed by atoms with Crippen molar-refractivity contribution in [2.45, 2.75) is 26.2 Å². The van der Waals surface area contributed by atoms with Gasteiger partial charge in [-0.05, 0) is 48.4 Å². The second-order valence-electron chi connectivity index (χ2n) is 8.33. The number of nitrogens with one attached hydrogen (secondary N) is 1. The van der Waals surface area contributed by atoms with Crippen LogP contribution in [0.1, 0.15) is 46.3 Å². The summed E-state index contributed by atoms with van der Waals surface area (Å²) < 4.78 is 11.0. The van der Waals surface area contributed by atoms with Gasteiger partial charge in [-0.1, -0.05) is 49.2 Å². The summed E-state index contributed by atoms with van der Waals surface area (Å²) in [5, 5.41) is 13.3. The molecule has 0 atom stereocenters. The smallest absolute Gasteiger partial charge is 0.338 e. The van der Waals surface area contributed by atoms with Gasteiger partial charge in [-0.2, -0.15) is 5.26 Å². The fraction of sp³-hybridized carbons (Fsp3) is 0.172. The molecular formula is C29H24ClN3O4S. The first-order chi connectivity index (χ1) is 18.4. The number of nitriles is 1. The highest BCUT2D eigenvalue weighted by Gasteiger charge is 2.14. The van der Waals surface area contributed by atoms with Crippen LogP contribution < -0.4 is 5.32 Å². The van der Waals surface area contributed by atoms with Crippen LogP contribution in [0.2, 0.25) is 5.02 Å². The highest BCUT2D eigenvalue weighted by atomic mass is 35.5. The average molecular weight is 546 g/mol. The van der Waals surface area contributed by atoms with Gasteiger partial charge in [0.2, 0.25) is 0 Å². The SMILES string of the molecule is CCCCOC(=O)c1ccc(-c2ccc(/C=C(\C#N)C(=O)Nc3ncc(Cc4ccc(Cl)cc4)s3)o2)cc1. The van der Waals surface area contributed by atoms with Crippen LogP contribution in [0.4, 0.5) is 5.13 Å². The normalized spacial score (nSPS) is 11.1. The molecule has 0 fully saturated rings. The van der Waals surface area contributed by atoms with Gasteiger partial charge >= 0.3 is 5.97 Å². The number of aromatic nitrogens is 1. The van der Waals surface area contributed by atoms with Gasteiger partial charge in [0, 0.05) is 34.2 Å². The number of nitrogens with zero attached hydrogens (tertiary/aromatic N) is 2. The molecule has 2 aromatic carbocycles. The summed E-state index contributed by atoms with van der Waals surface area (Å²) in [6.07, 6.45) is 5.50. The number of esters is 1. The van der Waals surface area contributed by atoms with Crippen molar-refractivity contribution in [1.29, 1.82) is 5.26 Å². The topological polar surface area (TPSA) is 105 Å². The predicted molar refractivity (Wildman–Crippen MR) is 148 cm³/mol. The molecule has 4 rings (SSSR count). The largest absolute Gasteiger partial charge is 0.462 e. The maximum Gasteiger partial charge on any atom is 0.338 e. The summed E-state index contributed by atoms with van der Waals surface area (Å²) in [7, 11) is 0. The van der Waals surface area contributed by atoms with Crippen molar-refractivity contribution in [3.8, 4) is 17.4 Å². The van der Waals surface area contributed by atoms with E-state index in [0.717, 1.165) is 28.8 Å². The van der Waals surface area contributed by atoms with Gasteiger partial charge in [-0.25, -0.2) is 9.78 Å². The molecule has 0 aliphatic carbocycles. The van der Waals surface area contributed by atoms with E-state index in [1.54, 1.807) is 42.6 Å². The Bertz CT molecular complexity index is 1480. The zero-order chi connectivity index (χ0) is 26.9. The molecule has 192 valence electrons. The molecule has 0 saturated heterocycles. The highest BCUT2D eigenvalue weighted by molar-refractivity contribution is 7.15. The Morgan fingerprint density at radius 2 is 1.89 bits per heavy atom. The van der Waals surface area contributed by atoms with Gasteiger partial charge in [0.15, 0.2) is 5.13 Å². The van der Waals surface area contributed by atoms with Gasteiger partial charge in [-0.15, -0.1) is 11.3 Å². The number of thiazole rings is 1. The minimum atomic E-state index is -0.580. The first-order valence-electron chi connectivity index (χ1n) is 11.9. The second kappa shape index (κ2) is 12.9. The molecule has 4 aromatic rings. The fourth-order valence-corrected chi connectivity index (χ4v) is 4.42. The zero-order valence-electron chi connectivity index (χ0n) is 20.6. The van der Waals surface area contributed by atoms with E-state index in [4.69, 9.17) is 20.8 Å². The number of hydrogen-bond donors (Lipinski definition) is 1. The molecule has 0 aliphatic heterocycles. The lowest BCUT2D eigenvalue weighted by molar-refractivity contribution is -0.112. The number of ether oxygens (including phenoxy) is 1. The molecule has 2 heterocycles. The van der Waals surface area contributed by atoms with E-state index in [9.17, 15) is 14.9 Å². The lowest BCUT2D eigenvalue weighted by Crippen LogP contribution is -2.13. The van der Waals surface area contributed by atoms with Crippen molar-refractivity contribution >= 4 is 46.0 Å². The van der Waals surface area contributed by atoms with Crippen LogP contribution in [0.3, 0.4) is 0 Å². The van der Waals surface area contributed by atoms with Crippen LogP contribution in [-0.2, 0) is 16.0 Å². The van der Waals surface area contributed by atoms with Gasteiger partial charge in [-0.3, -0.25) is 10.1 Å². The van der Waals surface area contributed by atoms with Crippen molar-refractivity contribution in [2.75, 3.05) is 11.9 Å². The lowest BCUT2D eigenvalue weighted by atomic mass is 10.1. The number of unbranched alkanes of at least 4 members (excludes halogenated alkanes) is 1. The minimum Gasteiger partial charge on any atom is -0.462 e. The Morgan fingerprint density at radius 1 is 1.13 bits per heavy atom. The maximum absolute atomic E-state index is 12.7. The average Bonchev–Trinajstić information content (AvgIpc) is 3.58.